The van der Waals surface area contributed by atoms with Crippen LogP contribution in [-0.4, -0.2) is 81.1 Å². The third kappa shape index (κ3) is 3.71. The first-order chi connectivity index (χ1) is 14.0. The van der Waals surface area contributed by atoms with E-state index in [1.807, 2.05) is 23.1 Å². The molecule has 2 aromatic heterocycles. The molecule has 0 spiro atoms. The van der Waals surface area contributed by atoms with Crippen LogP contribution in [0, 0.1) is 5.92 Å². The Morgan fingerprint density at radius 2 is 1.69 bits per heavy atom. The molecule has 4 rings (SSSR count). The van der Waals surface area contributed by atoms with Gasteiger partial charge in [-0.1, -0.05) is 13.0 Å². The van der Waals surface area contributed by atoms with Gasteiger partial charge in [-0.05, 0) is 30.9 Å². The number of nitrogens with zero attached hydrogens (tertiary/aromatic N) is 5. The Bertz CT molecular complexity index is 945. The molecule has 4 heterocycles. The summed E-state index contributed by atoms with van der Waals surface area (Å²) in [5, 5.41) is 0. The van der Waals surface area contributed by atoms with Crippen LogP contribution in [-0.2, 0) is 4.79 Å². The molecule has 0 aromatic carbocycles. The molecule has 154 valence electrons. The Morgan fingerprint density at radius 1 is 0.966 bits per heavy atom. The molecule has 8 nitrogen and oxygen atoms in total. The van der Waals surface area contributed by atoms with E-state index in [2.05, 4.69) is 11.9 Å². The topological polar surface area (TPSA) is 78.2 Å². The lowest BCUT2D eigenvalue weighted by Gasteiger charge is -2.33. The number of pyridine rings is 1. The number of likely N-dealkylation sites (tertiary alicyclic amines) is 1. The Morgan fingerprint density at radius 3 is 2.38 bits per heavy atom. The lowest BCUT2D eigenvalue weighted by molar-refractivity contribution is -0.130. The number of hydrogen-bond acceptors (Lipinski definition) is 4. The molecule has 0 aliphatic carbocycles. The predicted octanol–water partition coefficient (Wildman–Crippen LogP) is 1.51. The highest BCUT2D eigenvalue weighted by Crippen LogP contribution is 2.21. The largest absolute Gasteiger partial charge is 0.339 e. The van der Waals surface area contributed by atoms with Gasteiger partial charge in [-0.3, -0.25) is 18.8 Å². The summed E-state index contributed by atoms with van der Waals surface area (Å²) in [6.07, 6.45) is 3.89. The van der Waals surface area contributed by atoms with Crippen LogP contribution in [0.1, 0.15) is 47.8 Å². The number of aromatic nitrogens is 2. The number of fused-ring (bicyclic) bond motifs is 1. The predicted molar refractivity (Wildman–Crippen MR) is 108 cm³/mol. The molecule has 0 saturated carbocycles. The molecule has 29 heavy (non-hydrogen) atoms. The summed E-state index contributed by atoms with van der Waals surface area (Å²) in [4.78, 5) is 47.7. The molecular formula is C21H27N5O3. The quantitative estimate of drug-likeness (QED) is 0.770. The average Bonchev–Trinajstić information content (AvgIpc) is 3.12. The van der Waals surface area contributed by atoms with E-state index in [0.29, 0.717) is 43.3 Å². The molecule has 1 unspecified atom stereocenters. The van der Waals surface area contributed by atoms with Crippen molar-refractivity contribution < 1.29 is 14.4 Å². The fourth-order valence-electron chi connectivity index (χ4n) is 4.24. The van der Waals surface area contributed by atoms with Crippen molar-refractivity contribution in [1.82, 2.24) is 24.1 Å². The summed E-state index contributed by atoms with van der Waals surface area (Å²) in [7, 11) is 0. The molecule has 2 aromatic rings. The second kappa shape index (κ2) is 7.85. The monoisotopic (exact) mass is 397 g/mol. The maximum absolute atomic E-state index is 13.2. The van der Waals surface area contributed by atoms with E-state index in [4.69, 9.17) is 0 Å². The summed E-state index contributed by atoms with van der Waals surface area (Å²) in [6, 6.07) is 5.51. The molecular weight excluding hydrogens is 370 g/mol. The van der Waals surface area contributed by atoms with Gasteiger partial charge < -0.3 is 14.7 Å². The van der Waals surface area contributed by atoms with Gasteiger partial charge >= 0.3 is 0 Å². The second-order valence-electron chi connectivity index (χ2n) is 8.04. The molecule has 1 atom stereocenters. The van der Waals surface area contributed by atoms with Crippen LogP contribution >= 0.6 is 0 Å². The van der Waals surface area contributed by atoms with E-state index in [1.54, 1.807) is 27.3 Å². The first kappa shape index (κ1) is 19.4. The fourth-order valence-corrected chi connectivity index (χ4v) is 4.24. The van der Waals surface area contributed by atoms with Crippen LogP contribution in [0.2, 0.25) is 0 Å². The molecule has 0 radical (unpaired) electrons. The Balaban J connectivity index is 1.62. The minimum absolute atomic E-state index is 0.0204. The Labute approximate surface area is 170 Å². The maximum atomic E-state index is 13.2. The third-order valence-electron chi connectivity index (χ3n) is 5.90. The number of imidazole rings is 1. The van der Waals surface area contributed by atoms with Crippen LogP contribution in [0.4, 0.5) is 0 Å². The van der Waals surface area contributed by atoms with Crippen molar-refractivity contribution in [2.24, 2.45) is 5.92 Å². The highest BCUT2D eigenvalue weighted by Gasteiger charge is 2.30. The summed E-state index contributed by atoms with van der Waals surface area (Å²) in [5.74, 6) is 0.429. The highest BCUT2D eigenvalue weighted by atomic mass is 16.2. The lowest BCUT2D eigenvalue weighted by Crippen LogP contribution is -2.50. The van der Waals surface area contributed by atoms with Crippen LogP contribution in [0.15, 0.2) is 24.4 Å². The molecule has 2 fully saturated rings. The van der Waals surface area contributed by atoms with E-state index < -0.39 is 0 Å². The van der Waals surface area contributed by atoms with Gasteiger partial charge in [-0.2, -0.15) is 0 Å². The highest BCUT2D eigenvalue weighted by molar-refractivity contribution is 6.02. The van der Waals surface area contributed by atoms with Gasteiger partial charge in [0.25, 0.3) is 11.8 Å². The van der Waals surface area contributed by atoms with Crippen molar-refractivity contribution in [2.75, 3.05) is 39.3 Å². The summed E-state index contributed by atoms with van der Waals surface area (Å²) >= 11 is 0. The molecule has 2 aliphatic rings. The number of piperazine rings is 1. The van der Waals surface area contributed by atoms with Crippen molar-refractivity contribution in [1.29, 1.82) is 0 Å². The Kier molecular flexibility index (Phi) is 5.25. The van der Waals surface area contributed by atoms with Crippen molar-refractivity contribution in [3.63, 3.8) is 0 Å². The molecule has 2 saturated heterocycles. The van der Waals surface area contributed by atoms with E-state index in [0.717, 1.165) is 25.9 Å². The zero-order chi connectivity index (χ0) is 20.5. The third-order valence-corrected chi connectivity index (χ3v) is 5.90. The van der Waals surface area contributed by atoms with E-state index >= 15 is 0 Å². The lowest BCUT2D eigenvalue weighted by atomic mass is 10.00. The first-order valence-electron chi connectivity index (χ1n) is 10.3. The minimum Gasteiger partial charge on any atom is -0.339 e. The average molecular weight is 397 g/mol. The number of carbonyl (C=O) groups excluding carboxylic acids is 3. The van der Waals surface area contributed by atoms with Gasteiger partial charge in [0.05, 0.1) is 5.52 Å². The van der Waals surface area contributed by atoms with Gasteiger partial charge in [0.15, 0.2) is 5.69 Å². The zero-order valence-corrected chi connectivity index (χ0v) is 17.0. The minimum atomic E-state index is -0.208. The van der Waals surface area contributed by atoms with Crippen molar-refractivity contribution in [3.05, 3.63) is 35.9 Å². The first-order valence-corrected chi connectivity index (χ1v) is 10.3. The molecule has 0 N–H and O–H groups in total. The van der Waals surface area contributed by atoms with E-state index in [-0.39, 0.29) is 23.5 Å². The number of rotatable bonds is 2. The van der Waals surface area contributed by atoms with Crippen LogP contribution < -0.4 is 0 Å². The number of amides is 3. The van der Waals surface area contributed by atoms with Crippen LogP contribution in [0.5, 0.6) is 0 Å². The van der Waals surface area contributed by atoms with Gasteiger partial charge in [0, 0.05) is 52.4 Å². The normalized spacial score (nSPS) is 20.2. The molecule has 2 aliphatic heterocycles. The van der Waals surface area contributed by atoms with Crippen molar-refractivity contribution in [2.45, 2.75) is 26.7 Å². The van der Waals surface area contributed by atoms with Crippen molar-refractivity contribution in [3.8, 4) is 0 Å². The smallest absolute Gasteiger partial charge is 0.290 e. The van der Waals surface area contributed by atoms with Crippen LogP contribution in [0.25, 0.3) is 5.52 Å². The Hall–Kier alpha value is -2.90. The number of hydrogen-bond donors (Lipinski definition) is 0. The number of carbonyl (C=O) groups is 3. The number of piperidine rings is 1. The summed E-state index contributed by atoms with van der Waals surface area (Å²) < 4.78 is 1.71. The SMILES string of the molecule is CC(=O)N1CCN(C(=O)c2nc(C(=O)N3CCCC(C)C3)c3ccccn23)CC1. The zero-order valence-electron chi connectivity index (χ0n) is 17.0. The van der Waals surface area contributed by atoms with Gasteiger partial charge in [0.2, 0.25) is 11.7 Å². The maximum Gasteiger partial charge on any atom is 0.290 e. The molecule has 8 heteroatoms. The molecule has 0 bridgehead atoms. The van der Waals surface area contributed by atoms with Gasteiger partial charge in [-0.15, -0.1) is 0 Å². The van der Waals surface area contributed by atoms with E-state index in [1.165, 1.54) is 0 Å². The second-order valence-corrected chi connectivity index (χ2v) is 8.04. The van der Waals surface area contributed by atoms with Gasteiger partial charge in [-0.25, -0.2) is 4.98 Å². The molecule has 3 amide bonds. The fraction of sp³-hybridized carbons (Fsp3) is 0.524. The van der Waals surface area contributed by atoms with Crippen LogP contribution in [0.3, 0.4) is 0 Å². The van der Waals surface area contributed by atoms with Gasteiger partial charge in [0.1, 0.15) is 0 Å². The standard InChI is InChI=1S/C21H27N5O3/c1-15-6-5-8-25(14-15)20(28)18-17-7-3-4-9-26(17)19(22-18)21(29)24-12-10-23(11-13-24)16(2)27/h3-4,7,9,15H,5-6,8,10-14H2,1-2H3. The summed E-state index contributed by atoms with van der Waals surface area (Å²) in [5.41, 5.74) is 0.992. The summed E-state index contributed by atoms with van der Waals surface area (Å²) in [6.45, 7) is 7.11. The van der Waals surface area contributed by atoms with Crippen molar-refractivity contribution >= 4 is 23.2 Å². The van der Waals surface area contributed by atoms with E-state index in [9.17, 15) is 14.4 Å².